The normalized spacial score (nSPS) is 18.7. The molecule has 0 aromatic heterocycles. The fourth-order valence-corrected chi connectivity index (χ4v) is 2.20. The zero-order valence-corrected chi connectivity index (χ0v) is 11.0. The van der Waals surface area contributed by atoms with Gasteiger partial charge in [0.2, 0.25) is 5.91 Å². The summed E-state index contributed by atoms with van der Waals surface area (Å²) < 4.78 is 13.3. The van der Waals surface area contributed by atoms with Gasteiger partial charge in [0, 0.05) is 19.6 Å². The number of hydrogen-bond donors (Lipinski definition) is 1. The lowest BCUT2D eigenvalue weighted by Crippen LogP contribution is -2.61. The topological polar surface area (TPSA) is 56.1 Å². The zero-order valence-electron chi connectivity index (χ0n) is 11.0. The van der Waals surface area contributed by atoms with Gasteiger partial charge in [-0.1, -0.05) is 6.07 Å². The molecule has 19 heavy (non-hydrogen) atoms. The molecule has 1 aromatic carbocycles. The van der Waals surface area contributed by atoms with E-state index >= 15 is 0 Å². The maximum Gasteiger partial charge on any atom is 0.240 e. The van der Waals surface area contributed by atoms with Crippen LogP contribution in [0, 0.1) is 17.1 Å². The summed E-state index contributed by atoms with van der Waals surface area (Å²) in [7, 11) is 0. The molecular weight excluding hydrogens is 245 g/mol. The van der Waals surface area contributed by atoms with Gasteiger partial charge in [-0.25, -0.2) is 4.39 Å². The maximum atomic E-state index is 13.3. The molecule has 1 N–H and O–H groups in total. The van der Waals surface area contributed by atoms with Crippen LogP contribution in [0.25, 0.3) is 0 Å². The van der Waals surface area contributed by atoms with Crippen molar-refractivity contribution in [2.45, 2.75) is 25.9 Å². The molecule has 0 unspecified atom stereocenters. The van der Waals surface area contributed by atoms with E-state index in [-0.39, 0.29) is 11.5 Å². The van der Waals surface area contributed by atoms with E-state index in [1.165, 1.54) is 12.1 Å². The van der Waals surface area contributed by atoms with Gasteiger partial charge in [0.05, 0.1) is 11.1 Å². The first kappa shape index (κ1) is 13.5. The Hall–Kier alpha value is -1.93. The van der Waals surface area contributed by atoms with Gasteiger partial charge in [-0.15, -0.1) is 0 Å². The number of nitrogens with zero attached hydrogens (tertiary/aromatic N) is 2. The van der Waals surface area contributed by atoms with Gasteiger partial charge in [0.25, 0.3) is 0 Å². The smallest absolute Gasteiger partial charge is 0.240 e. The molecule has 1 saturated heterocycles. The SMILES string of the molecule is CC1(C)C(=O)NCCN1Cc1ccc(F)c(C#N)c1. The Kier molecular flexibility index (Phi) is 3.54. The van der Waals surface area contributed by atoms with Crippen LogP contribution in [-0.4, -0.2) is 29.4 Å². The number of carbonyl (C=O) groups excluding carboxylic acids is 1. The monoisotopic (exact) mass is 261 g/mol. The molecule has 2 rings (SSSR count). The summed E-state index contributed by atoms with van der Waals surface area (Å²) in [5.74, 6) is -0.525. The van der Waals surface area contributed by atoms with Crippen LogP contribution in [0.1, 0.15) is 25.0 Å². The quantitative estimate of drug-likeness (QED) is 0.875. The maximum absolute atomic E-state index is 13.3. The van der Waals surface area contributed by atoms with Crippen LogP contribution in [0.15, 0.2) is 18.2 Å². The molecule has 0 aliphatic carbocycles. The summed E-state index contributed by atoms with van der Waals surface area (Å²) in [5, 5.41) is 11.7. The summed E-state index contributed by atoms with van der Waals surface area (Å²) in [6, 6.07) is 6.32. The lowest BCUT2D eigenvalue weighted by Gasteiger charge is -2.41. The fourth-order valence-electron chi connectivity index (χ4n) is 2.20. The van der Waals surface area contributed by atoms with E-state index < -0.39 is 11.4 Å². The number of benzene rings is 1. The molecule has 5 heteroatoms. The van der Waals surface area contributed by atoms with Gasteiger partial charge in [0.15, 0.2) is 0 Å². The third-order valence-electron chi connectivity index (χ3n) is 3.54. The summed E-state index contributed by atoms with van der Waals surface area (Å²) in [4.78, 5) is 13.9. The first-order valence-electron chi connectivity index (χ1n) is 6.17. The highest BCUT2D eigenvalue weighted by Crippen LogP contribution is 2.21. The average molecular weight is 261 g/mol. The predicted octanol–water partition coefficient (Wildman–Crippen LogP) is 1.41. The van der Waals surface area contributed by atoms with Crippen LogP contribution in [0.5, 0.6) is 0 Å². The minimum atomic E-state index is -0.598. The second kappa shape index (κ2) is 4.98. The highest BCUT2D eigenvalue weighted by molar-refractivity contribution is 5.86. The van der Waals surface area contributed by atoms with Crippen LogP contribution < -0.4 is 5.32 Å². The van der Waals surface area contributed by atoms with Gasteiger partial charge in [-0.2, -0.15) is 5.26 Å². The minimum Gasteiger partial charge on any atom is -0.353 e. The Labute approximate surface area is 111 Å². The highest BCUT2D eigenvalue weighted by atomic mass is 19.1. The first-order chi connectivity index (χ1) is 8.95. The van der Waals surface area contributed by atoms with E-state index in [0.29, 0.717) is 13.1 Å². The third-order valence-corrected chi connectivity index (χ3v) is 3.54. The second-order valence-corrected chi connectivity index (χ2v) is 5.16. The zero-order chi connectivity index (χ0) is 14.0. The largest absolute Gasteiger partial charge is 0.353 e. The Morgan fingerprint density at radius 1 is 1.53 bits per heavy atom. The van der Waals surface area contributed by atoms with Crippen molar-refractivity contribution < 1.29 is 9.18 Å². The lowest BCUT2D eigenvalue weighted by atomic mass is 9.97. The van der Waals surface area contributed by atoms with Crippen LogP contribution >= 0.6 is 0 Å². The molecule has 0 radical (unpaired) electrons. The van der Waals surface area contributed by atoms with Crippen molar-refractivity contribution in [3.05, 3.63) is 35.1 Å². The molecule has 1 amide bonds. The van der Waals surface area contributed by atoms with Crippen LogP contribution in [0.4, 0.5) is 4.39 Å². The number of nitrogens with one attached hydrogen (secondary N) is 1. The first-order valence-corrected chi connectivity index (χ1v) is 6.17. The fraction of sp³-hybridized carbons (Fsp3) is 0.429. The van der Waals surface area contributed by atoms with Crippen molar-refractivity contribution >= 4 is 5.91 Å². The van der Waals surface area contributed by atoms with Crippen molar-refractivity contribution in [2.75, 3.05) is 13.1 Å². The van der Waals surface area contributed by atoms with Crippen molar-refractivity contribution in [1.82, 2.24) is 10.2 Å². The summed E-state index contributed by atoms with van der Waals surface area (Å²) in [5.41, 5.74) is 0.275. The van der Waals surface area contributed by atoms with Gasteiger partial charge >= 0.3 is 0 Å². The summed E-state index contributed by atoms with van der Waals surface area (Å²) in [6.45, 7) is 5.58. The molecule has 1 aromatic rings. The molecule has 1 aliphatic heterocycles. The average Bonchev–Trinajstić information content (AvgIpc) is 2.37. The van der Waals surface area contributed by atoms with E-state index in [1.54, 1.807) is 6.07 Å². The minimum absolute atomic E-state index is 0.0126. The third kappa shape index (κ3) is 2.59. The number of carbonyl (C=O) groups is 1. The van der Waals surface area contributed by atoms with Crippen LogP contribution in [-0.2, 0) is 11.3 Å². The van der Waals surface area contributed by atoms with E-state index in [9.17, 15) is 9.18 Å². The number of nitriles is 1. The number of amides is 1. The van der Waals surface area contributed by atoms with E-state index in [1.807, 2.05) is 24.8 Å². The molecule has 1 fully saturated rings. The number of halogens is 1. The van der Waals surface area contributed by atoms with Crippen molar-refractivity contribution in [3.8, 4) is 6.07 Å². The molecule has 1 aliphatic rings. The number of piperazine rings is 1. The van der Waals surface area contributed by atoms with Crippen molar-refractivity contribution in [1.29, 1.82) is 5.26 Å². The molecular formula is C14H16FN3O. The van der Waals surface area contributed by atoms with Gasteiger partial charge in [-0.05, 0) is 31.5 Å². The Morgan fingerprint density at radius 3 is 2.95 bits per heavy atom. The molecule has 0 saturated carbocycles. The molecule has 100 valence electrons. The summed E-state index contributed by atoms with van der Waals surface area (Å²) >= 11 is 0. The standard InChI is InChI=1S/C14H16FN3O/c1-14(2)13(19)17-5-6-18(14)9-10-3-4-12(15)11(7-10)8-16/h3-4,7H,5-6,9H2,1-2H3,(H,17,19). The van der Waals surface area contributed by atoms with E-state index in [4.69, 9.17) is 5.26 Å². The Morgan fingerprint density at radius 2 is 2.26 bits per heavy atom. The molecule has 0 bridgehead atoms. The van der Waals surface area contributed by atoms with Crippen molar-refractivity contribution in [2.24, 2.45) is 0 Å². The molecule has 0 spiro atoms. The van der Waals surface area contributed by atoms with Gasteiger partial charge in [0.1, 0.15) is 11.9 Å². The lowest BCUT2D eigenvalue weighted by molar-refractivity contribution is -0.135. The predicted molar refractivity (Wildman–Crippen MR) is 68.6 cm³/mol. The van der Waals surface area contributed by atoms with E-state index in [2.05, 4.69) is 5.32 Å². The molecule has 1 heterocycles. The van der Waals surface area contributed by atoms with Crippen LogP contribution in [0.3, 0.4) is 0 Å². The highest BCUT2D eigenvalue weighted by Gasteiger charge is 2.37. The summed E-state index contributed by atoms with van der Waals surface area (Å²) in [6.07, 6.45) is 0. The molecule has 0 atom stereocenters. The number of hydrogen-bond acceptors (Lipinski definition) is 3. The Bertz CT molecular complexity index is 548. The van der Waals surface area contributed by atoms with Crippen molar-refractivity contribution in [3.63, 3.8) is 0 Å². The van der Waals surface area contributed by atoms with Gasteiger partial charge < -0.3 is 5.32 Å². The van der Waals surface area contributed by atoms with E-state index in [0.717, 1.165) is 12.1 Å². The number of rotatable bonds is 2. The second-order valence-electron chi connectivity index (χ2n) is 5.16. The van der Waals surface area contributed by atoms with Gasteiger partial charge in [-0.3, -0.25) is 9.69 Å². The Balaban J connectivity index is 2.21. The molecule has 4 nitrogen and oxygen atoms in total. The van der Waals surface area contributed by atoms with Crippen LogP contribution in [0.2, 0.25) is 0 Å².